The van der Waals surface area contributed by atoms with Crippen LogP contribution in [0.3, 0.4) is 0 Å². The summed E-state index contributed by atoms with van der Waals surface area (Å²) in [6.07, 6.45) is 5.01. The number of amides is 1. The van der Waals surface area contributed by atoms with Gasteiger partial charge in [-0.05, 0) is 109 Å². The number of carboxylic acids is 2. The lowest BCUT2D eigenvalue weighted by Crippen LogP contribution is -2.78. The molecule has 7 rings (SSSR count). The number of hydrogen-bond donors (Lipinski definition) is 5. The highest BCUT2D eigenvalue weighted by molar-refractivity contribution is 14.1. The van der Waals surface area contributed by atoms with Crippen LogP contribution in [0.5, 0.6) is 11.5 Å². The standard InChI is InChI=1S/C27H29IN2O4.C2H2O4/c28-18-6-3-16(4-7-18)25(32)29-19-9-10-27(33)21-13-17-5-8-20(31)23-22(17)26(27,24(19)34-23)11-12-30(21)14-15-1-2-15;3-1(4)2(5)6/h3-8,15,19,21,24,31,33H,1-2,9-14H2,(H,29,32);(H,3,4)(H,5,6)/t19-,21-,24+,26?,27-;/m1./s1. The molecule has 5 atom stereocenters. The molecule has 1 saturated heterocycles. The fourth-order valence-corrected chi connectivity index (χ4v) is 7.84. The van der Waals surface area contributed by atoms with Gasteiger partial charge < -0.3 is 30.5 Å². The third-order valence-corrected chi connectivity index (χ3v) is 10.1. The lowest BCUT2D eigenvalue weighted by Gasteiger charge is -2.64. The van der Waals surface area contributed by atoms with E-state index in [1.54, 1.807) is 6.07 Å². The number of nitrogens with one attached hydrogen (secondary N) is 1. The van der Waals surface area contributed by atoms with Gasteiger partial charge in [0.25, 0.3) is 5.91 Å². The molecule has 3 aliphatic carbocycles. The van der Waals surface area contributed by atoms with E-state index in [0.29, 0.717) is 24.2 Å². The van der Waals surface area contributed by atoms with Gasteiger partial charge in [-0.15, -0.1) is 0 Å². The molecule has 3 fully saturated rings. The Morgan fingerprint density at radius 1 is 1.02 bits per heavy atom. The van der Waals surface area contributed by atoms with E-state index < -0.39 is 29.1 Å². The second kappa shape index (κ2) is 9.88. The van der Waals surface area contributed by atoms with Crippen molar-refractivity contribution in [2.75, 3.05) is 13.1 Å². The van der Waals surface area contributed by atoms with Crippen LogP contribution in [0, 0.1) is 9.49 Å². The molecule has 40 heavy (non-hydrogen) atoms. The molecule has 1 amide bonds. The van der Waals surface area contributed by atoms with Crippen molar-refractivity contribution in [3.8, 4) is 11.5 Å². The van der Waals surface area contributed by atoms with E-state index in [4.69, 9.17) is 24.5 Å². The van der Waals surface area contributed by atoms with Crippen LogP contribution in [0.1, 0.15) is 53.6 Å². The van der Waals surface area contributed by atoms with E-state index in [-0.39, 0.29) is 23.7 Å². The number of carbonyl (C=O) groups is 3. The van der Waals surface area contributed by atoms with Crippen LogP contribution in [0.15, 0.2) is 36.4 Å². The Morgan fingerprint density at radius 2 is 1.73 bits per heavy atom. The maximum atomic E-state index is 13.2. The minimum atomic E-state index is -1.82. The highest BCUT2D eigenvalue weighted by Crippen LogP contribution is 2.65. The maximum Gasteiger partial charge on any atom is 0.414 e. The molecule has 212 valence electrons. The average molecular weight is 662 g/mol. The van der Waals surface area contributed by atoms with Gasteiger partial charge in [0.05, 0.1) is 17.1 Å². The molecule has 2 aromatic carbocycles. The number of phenols is 1. The van der Waals surface area contributed by atoms with Crippen molar-refractivity contribution in [2.45, 2.75) is 67.7 Å². The zero-order valence-electron chi connectivity index (χ0n) is 21.7. The first-order valence-electron chi connectivity index (χ1n) is 13.6. The van der Waals surface area contributed by atoms with Crippen molar-refractivity contribution in [1.29, 1.82) is 0 Å². The van der Waals surface area contributed by atoms with Gasteiger partial charge >= 0.3 is 11.9 Å². The fraction of sp³-hybridized carbons (Fsp3) is 0.483. The number of hydrogen-bond acceptors (Lipinski definition) is 7. The summed E-state index contributed by atoms with van der Waals surface area (Å²) in [5.74, 6) is -2.36. The van der Waals surface area contributed by atoms with E-state index in [1.807, 2.05) is 30.3 Å². The second-order valence-corrected chi connectivity index (χ2v) is 12.8. The number of ether oxygens (including phenoxy) is 1. The van der Waals surface area contributed by atoms with Gasteiger partial charge in [-0.2, -0.15) is 0 Å². The predicted octanol–water partition coefficient (Wildman–Crippen LogP) is 2.52. The van der Waals surface area contributed by atoms with Crippen LogP contribution in [-0.2, 0) is 21.4 Å². The van der Waals surface area contributed by atoms with Gasteiger partial charge in [0, 0.05) is 27.3 Å². The minimum absolute atomic E-state index is 0.0452. The number of aliphatic carboxylic acids is 2. The average Bonchev–Trinajstić information content (AvgIpc) is 3.66. The molecule has 10 nitrogen and oxygen atoms in total. The number of likely N-dealkylation sites (tertiary alicyclic amines) is 1. The SMILES string of the molecule is O=C(N[C@@H]1CC[C@@]2(O)[C@H]3Cc4ccc(O)c5c4C2(CCN3CC2CC2)[C@H]1O5)c1ccc(I)cc1.O=C(O)C(=O)O. The maximum absolute atomic E-state index is 13.2. The van der Waals surface area contributed by atoms with E-state index in [0.717, 1.165) is 41.0 Å². The number of carbonyl (C=O) groups excluding carboxylic acids is 1. The molecule has 2 aliphatic heterocycles. The number of aliphatic hydroxyl groups is 1. The highest BCUT2D eigenvalue weighted by Gasteiger charge is 2.73. The molecule has 2 aromatic rings. The van der Waals surface area contributed by atoms with Crippen molar-refractivity contribution in [3.05, 3.63) is 56.7 Å². The summed E-state index contributed by atoms with van der Waals surface area (Å²) >= 11 is 2.23. The molecule has 2 heterocycles. The van der Waals surface area contributed by atoms with Gasteiger partial charge in [0.1, 0.15) is 6.10 Å². The van der Waals surface area contributed by atoms with Gasteiger partial charge in [-0.25, -0.2) is 9.59 Å². The molecule has 0 aromatic heterocycles. The quantitative estimate of drug-likeness (QED) is 0.245. The largest absolute Gasteiger partial charge is 0.504 e. The number of nitrogens with zero attached hydrogens (tertiary/aromatic N) is 1. The Balaban J connectivity index is 0.000000438. The first kappa shape index (κ1) is 27.3. The Kier molecular flexibility index (Phi) is 6.74. The minimum Gasteiger partial charge on any atom is -0.504 e. The zero-order valence-corrected chi connectivity index (χ0v) is 23.8. The molecule has 11 heteroatoms. The first-order valence-corrected chi connectivity index (χ1v) is 14.6. The summed E-state index contributed by atoms with van der Waals surface area (Å²) in [6.45, 7) is 1.97. The van der Waals surface area contributed by atoms with Gasteiger partial charge in [0.2, 0.25) is 0 Å². The summed E-state index contributed by atoms with van der Waals surface area (Å²) in [5, 5.41) is 41.2. The van der Waals surface area contributed by atoms with Crippen molar-refractivity contribution in [3.63, 3.8) is 0 Å². The highest BCUT2D eigenvalue weighted by atomic mass is 127. The zero-order chi connectivity index (χ0) is 28.4. The second-order valence-electron chi connectivity index (χ2n) is 11.5. The van der Waals surface area contributed by atoms with Crippen LogP contribution in [0.4, 0.5) is 0 Å². The normalized spacial score (nSPS) is 31.2. The summed E-state index contributed by atoms with van der Waals surface area (Å²) < 4.78 is 7.61. The van der Waals surface area contributed by atoms with Gasteiger partial charge in [-0.3, -0.25) is 9.69 Å². The van der Waals surface area contributed by atoms with Crippen LogP contribution < -0.4 is 10.1 Å². The Morgan fingerprint density at radius 3 is 2.38 bits per heavy atom. The molecule has 2 saturated carbocycles. The van der Waals surface area contributed by atoms with Crippen LogP contribution >= 0.6 is 22.6 Å². The molecule has 2 bridgehead atoms. The van der Waals surface area contributed by atoms with Gasteiger partial charge in [-0.1, -0.05) is 6.07 Å². The number of halogens is 1. The lowest BCUT2D eigenvalue weighted by molar-refractivity contribution is -0.191. The third kappa shape index (κ3) is 4.24. The summed E-state index contributed by atoms with van der Waals surface area (Å²) in [5.41, 5.74) is 1.26. The predicted molar refractivity (Wildman–Crippen MR) is 150 cm³/mol. The summed E-state index contributed by atoms with van der Waals surface area (Å²) in [7, 11) is 0. The number of benzene rings is 2. The summed E-state index contributed by atoms with van der Waals surface area (Å²) in [4.78, 5) is 33.9. The molecular weight excluding hydrogens is 631 g/mol. The van der Waals surface area contributed by atoms with Crippen molar-refractivity contribution < 1.29 is 39.5 Å². The Hall–Kier alpha value is -2.90. The van der Waals surface area contributed by atoms with Crippen LogP contribution in [-0.4, -0.2) is 80.1 Å². The molecular formula is C29H31IN2O8. The number of piperidine rings is 1. The van der Waals surface area contributed by atoms with E-state index in [2.05, 4.69) is 32.8 Å². The molecule has 1 spiro atoms. The fourth-order valence-electron chi connectivity index (χ4n) is 7.48. The number of carboxylic acid groups (broad SMARTS) is 2. The molecule has 0 radical (unpaired) electrons. The van der Waals surface area contributed by atoms with E-state index in [9.17, 15) is 15.0 Å². The number of rotatable bonds is 4. The third-order valence-electron chi connectivity index (χ3n) is 9.37. The number of aromatic hydroxyl groups is 1. The van der Waals surface area contributed by atoms with Crippen molar-refractivity contribution >= 4 is 40.4 Å². The number of phenolic OH excluding ortho intramolecular Hbond substituents is 1. The lowest BCUT2D eigenvalue weighted by atomic mass is 9.48. The van der Waals surface area contributed by atoms with E-state index in [1.165, 1.54) is 18.4 Å². The topological polar surface area (TPSA) is 157 Å². The van der Waals surface area contributed by atoms with Crippen molar-refractivity contribution in [1.82, 2.24) is 10.2 Å². The molecule has 1 unspecified atom stereocenters. The van der Waals surface area contributed by atoms with Crippen LogP contribution in [0.25, 0.3) is 0 Å². The molecule has 5 aliphatic rings. The van der Waals surface area contributed by atoms with Crippen molar-refractivity contribution in [2.24, 2.45) is 5.92 Å². The molecule has 5 N–H and O–H groups in total. The van der Waals surface area contributed by atoms with Gasteiger partial charge in [0.15, 0.2) is 11.5 Å². The van der Waals surface area contributed by atoms with Crippen LogP contribution in [0.2, 0.25) is 0 Å². The smallest absolute Gasteiger partial charge is 0.414 e. The first-order chi connectivity index (χ1) is 19.0. The summed E-state index contributed by atoms with van der Waals surface area (Å²) in [6, 6.07) is 11.1. The monoisotopic (exact) mass is 662 g/mol. The Bertz CT molecular complexity index is 1370. The van der Waals surface area contributed by atoms with E-state index >= 15 is 0 Å². The Labute approximate surface area is 244 Å².